The van der Waals surface area contributed by atoms with Crippen LogP contribution in [0.3, 0.4) is 0 Å². The highest BCUT2D eigenvalue weighted by molar-refractivity contribution is 5.92. The molecule has 4 nitrogen and oxygen atoms in total. The van der Waals surface area contributed by atoms with Crippen LogP contribution in [0.4, 0.5) is 0 Å². The van der Waals surface area contributed by atoms with Crippen LogP contribution in [0.2, 0.25) is 0 Å². The molecule has 0 N–H and O–H groups in total. The summed E-state index contributed by atoms with van der Waals surface area (Å²) >= 11 is 0. The zero-order valence-electron chi connectivity index (χ0n) is 14.5. The largest absolute Gasteiger partial charge is 0.487 e. The van der Waals surface area contributed by atoms with Crippen molar-refractivity contribution in [2.45, 2.75) is 6.61 Å². The van der Waals surface area contributed by atoms with Crippen LogP contribution in [0.25, 0.3) is 33.1 Å². The number of ether oxygens (including phenoxy) is 1. The van der Waals surface area contributed by atoms with Crippen LogP contribution in [0, 0.1) is 0 Å². The van der Waals surface area contributed by atoms with Crippen molar-refractivity contribution >= 4 is 21.9 Å². The monoisotopic (exact) mass is 352 g/mol. The van der Waals surface area contributed by atoms with Crippen molar-refractivity contribution in [1.82, 2.24) is 10.1 Å². The molecule has 2 aromatic heterocycles. The first-order valence-corrected chi connectivity index (χ1v) is 8.79. The van der Waals surface area contributed by atoms with Crippen molar-refractivity contribution in [1.29, 1.82) is 0 Å². The van der Waals surface area contributed by atoms with Gasteiger partial charge in [0.15, 0.2) is 5.58 Å². The average molecular weight is 352 g/mol. The summed E-state index contributed by atoms with van der Waals surface area (Å²) in [4.78, 5) is 4.65. The highest BCUT2D eigenvalue weighted by atomic mass is 16.5. The summed E-state index contributed by atoms with van der Waals surface area (Å²) in [7, 11) is 0. The second-order valence-corrected chi connectivity index (χ2v) is 6.34. The fourth-order valence-electron chi connectivity index (χ4n) is 3.16. The minimum absolute atomic E-state index is 0.405. The molecular weight excluding hydrogens is 336 g/mol. The predicted molar refractivity (Wildman–Crippen MR) is 106 cm³/mol. The van der Waals surface area contributed by atoms with E-state index in [9.17, 15) is 0 Å². The number of aromatic nitrogens is 2. The van der Waals surface area contributed by atoms with Gasteiger partial charge in [-0.05, 0) is 30.3 Å². The average Bonchev–Trinajstić information content (AvgIpc) is 3.16. The Balaban J connectivity index is 1.43. The number of hydrogen-bond acceptors (Lipinski definition) is 4. The second-order valence-electron chi connectivity index (χ2n) is 6.34. The quantitative estimate of drug-likeness (QED) is 0.421. The zero-order chi connectivity index (χ0) is 18.1. The SMILES string of the molecule is c1ccc(-c2noc3ccc(OCc4ccc5ccccc5n4)cc23)cc1. The molecule has 27 heavy (non-hydrogen) atoms. The molecule has 0 fully saturated rings. The van der Waals surface area contributed by atoms with E-state index < -0.39 is 0 Å². The van der Waals surface area contributed by atoms with Gasteiger partial charge in [0.05, 0.1) is 16.6 Å². The standard InChI is InChI=1S/C23H16N2O2/c1-2-7-17(8-3-1)23-20-14-19(12-13-22(20)27-25-23)26-15-18-11-10-16-6-4-5-9-21(16)24-18/h1-14H,15H2. The van der Waals surface area contributed by atoms with Gasteiger partial charge in [-0.25, -0.2) is 4.98 Å². The summed E-state index contributed by atoms with van der Waals surface area (Å²) in [5.74, 6) is 0.762. The van der Waals surface area contributed by atoms with Crippen molar-refractivity contribution in [2.24, 2.45) is 0 Å². The summed E-state index contributed by atoms with van der Waals surface area (Å²) in [6, 6.07) is 27.9. The minimum Gasteiger partial charge on any atom is -0.487 e. The van der Waals surface area contributed by atoms with E-state index >= 15 is 0 Å². The molecule has 2 heterocycles. The molecule has 0 aliphatic rings. The molecule has 3 aromatic carbocycles. The van der Waals surface area contributed by atoms with Gasteiger partial charge < -0.3 is 9.26 Å². The summed E-state index contributed by atoms with van der Waals surface area (Å²) in [6.45, 7) is 0.405. The van der Waals surface area contributed by atoms with Crippen molar-refractivity contribution in [3.05, 3.63) is 90.6 Å². The Bertz CT molecular complexity index is 1230. The molecule has 0 aliphatic heterocycles. The molecule has 0 bridgehead atoms. The Labute approximate surface area is 156 Å². The van der Waals surface area contributed by atoms with Crippen LogP contribution in [0.1, 0.15) is 5.69 Å². The Kier molecular flexibility index (Phi) is 3.79. The van der Waals surface area contributed by atoms with Crippen LogP contribution in [-0.4, -0.2) is 10.1 Å². The molecular formula is C23H16N2O2. The summed E-state index contributed by atoms with van der Waals surface area (Å²) < 4.78 is 11.4. The van der Waals surface area contributed by atoms with Gasteiger partial charge in [0.2, 0.25) is 0 Å². The van der Waals surface area contributed by atoms with E-state index in [-0.39, 0.29) is 0 Å². The van der Waals surface area contributed by atoms with Gasteiger partial charge in [-0.3, -0.25) is 0 Å². The zero-order valence-corrected chi connectivity index (χ0v) is 14.5. The minimum atomic E-state index is 0.405. The van der Waals surface area contributed by atoms with Gasteiger partial charge in [-0.1, -0.05) is 59.8 Å². The summed E-state index contributed by atoms with van der Waals surface area (Å²) in [5, 5.41) is 6.28. The van der Waals surface area contributed by atoms with Crippen molar-refractivity contribution in [2.75, 3.05) is 0 Å². The summed E-state index contributed by atoms with van der Waals surface area (Å²) in [5.41, 5.74) is 4.44. The molecule has 4 heteroatoms. The van der Waals surface area contributed by atoms with Gasteiger partial charge in [0, 0.05) is 10.9 Å². The Morgan fingerprint density at radius 2 is 1.67 bits per heavy atom. The molecule has 5 rings (SSSR count). The molecule has 0 amide bonds. The maximum atomic E-state index is 5.98. The fraction of sp³-hybridized carbons (Fsp3) is 0.0435. The van der Waals surface area contributed by atoms with Crippen LogP contribution >= 0.6 is 0 Å². The number of para-hydroxylation sites is 1. The van der Waals surface area contributed by atoms with Crippen molar-refractivity contribution in [3.63, 3.8) is 0 Å². The molecule has 130 valence electrons. The third-order valence-electron chi connectivity index (χ3n) is 4.53. The molecule has 0 spiro atoms. The molecule has 5 aromatic rings. The first kappa shape index (κ1) is 15.6. The molecule has 0 radical (unpaired) electrons. The Morgan fingerprint density at radius 3 is 2.59 bits per heavy atom. The molecule has 0 saturated heterocycles. The van der Waals surface area contributed by atoms with Gasteiger partial charge in [0.25, 0.3) is 0 Å². The lowest BCUT2D eigenvalue weighted by Crippen LogP contribution is -1.98. The van der Waals surface area contributed by atoms with E-state index in [1.165, 1.54) is 0 Å². The summed E-state index contributed by atoms with van der Waals surface area (Å²) in [6.07, 6.45) is 0. The van der Waals surface area contributed by atoms with E-state index in [4.69, 9.17) is 9.26 Å². The number of fused-ring (bicyclic) bond motifs is 2. The first-order chi connectivity index (χ1) is 13.4. The van der Waals surface area contributed by atoms with Crippen LogP contribution in [0.15, 0.2) is 89.5 Å². The Morgan fingerprint density at radius 1 is 0.815 bits per heavy atom. The van der Waals surface area contributed by atoms with E-state index in [0.717, 1.165) is 44.6 Å². The maximum absolute atomic E-state index is 5.98. The van der Waals surface area contributed by atoms with Crippen molar-refractivity contribution < 1.29 is 9.26 Å². The molecule has 0 atom stereocenters. The first-order valence-electron chi connectivity index (χ1n) is 8.79. The lowest BCUT2D eigenvalue weighted by molar-refractivity contribution is 0.302. The third-order valence-corrected chi connectivity index (χ3v) is 4.53. The van der Waals surface area contributed by atoms with Gasteiger partial charge >= 0.3 is 0 Å². The molecule has 0 aliphatic carbocycles. The number of pyridine rings is 1. The van der Waals surface area contributed by atoms with E-state index in [0.29, 0.717) is 6.61 Å². The van der Waals surface area contributed by atoms with E-state index in [1.54, 1.807) is 0 Å². The number of hydrogen-bond donors (Lipinski definition) is 0. The third kappa shape index (κ3) is 3.02. The molecule has 0 unspecified atom stereocenters. The number of nitrogens with zero attached hydrogens (tertiary/aromatic N) is 2. The lowest BCUT2D eigenvalue weighted by Gasteiger charge is -2.07. The smallest absolute Gasteiger partial charge is 0.167 e. The van der Waals surface area contributed by atoms with E-state index in [2.05, 4.69) is 22.3 Å². The van der Waals surface area contributed by atoms with Crippen LogP contribution in [-0.2, 0) is 6.61 Å². The van der Waals surface area contributed by atoms with Gasteiger partial charge in [-0.2, -0.15) is 0 Å². The topological polar surface area (TPSA) is 48.2 Å². The van der Waals surface area contributed by atoms with Gasteiger partial charge in [0.1, 0.15) is 18.1 Å². The van der Waals surface area contributed by atoms with E-state index in [1.807, 2.05) is 72.8 Å². The highest BCUT2D eigenvalue weighted by Gasteiger charge is 2.11. The Hall–Kier alpha value is -3.66. The van der Waals surface area contributed by atoms with Crippen molar-refractivity contribution in [3.8, 4) is 17.0 Å². The maximum Gasteiger partial charge on any atom is 0.167 e. The second kappa shape index (κ2) is 6.57. The normalized spacial score (nSPS) is 11.1. The molecule has 0 saturated carbocycles. The van der Waals surface area contributed by atoms with Crippen LogP contribution in [0.5, 0.6) is 5.75 Å². The number of rotatable bonds is 4. The predicted octanol–water partition coefficient (Wildman–Crippen LogP) is 5.62. The van der Waals surface area contributed by atoms with Gasteiger partial charge in [-0.15, -0.1) is 0 Å². The fourth-order valence-corrected chi connectivity index (χ4v) is 3.16. The highest BCUT2D eigenvalue weighted by Crippen LogP contribution is 2.30. The van der Waals surface area contributed by atoms with Crippen LogP contribution < -0.4 is 4.74 Å². The lowest BCUT2D eigenvalue weighted by atomic mass is 10.1. The number of benzene rings is 3.